The first kappa shape index (κ1) is 11.1. The monoisotopic (exact) mass is 210 g/mol. The summed E-state index contributed by atoms with van der Waals surface area (Å²) in [5.74, 6) is 0.797. The molecule has 1 aromatic rings. The Balaban J connectivity index is 3.31. The number of phenolic OH excluding ortho intramolecular Hbond substituents is 1. The molecule has 0 atom stereocenters. The van der Waals surface area contributed by atoms with E-state index in [1.807, 2.05) is 19.9 Å². The van der Waals surface area contributed by atoms with Crippen LogP contribution in [0.25, 0.3) is 0 Å². The standard InChI is InChI=1S/C12H15ClO/c1-4-5-10-6-8(2)11(7-13)9(3)12(10)14/h4,6,14H,1,5,7H2,2-3H3. The maximum absolute atomic E-state index is 9.86. The van der Waals surface area contributed by atoms with E-state index in [4.69, 9.17) is 11.6 Å². The Morgan fingerprint density at radius 2 is 2.14 bits per heavy atom. The minimum absolute atomic E-state index is 0.353. The van der Waals surface area contributed by atoms with Crippen LogP contribution in [-0.2, 0) is 12.3 Å². The van der Waals surface area contributed by atoms with Crippen molar-refractivity contribution < 1.29 is 5.11 Å². The van der Waals surface area contributed by atoms with E-state index in [-0.39, 0.29) is 0 Å². The highest BCUT2D eigenvalue weighted by atomic mass is 35.5. The summed E-state index contributed by atoms with van der Waals surface area (Å²) in [5.41, 5.74) is 3.96. The zero-order valence-corrected chi connectivity index (χ0v) is 9.36. The number of hydrogen-bond donors (Lipinski definition) is 1. The summed E-state index contributed by atoms with van der Waals surface area (Å²) in [6.07, 6.45) is 2.48. The van der Waals surface area contributed by atoms with E-state index in [0.29, 0.717) is 18.1 Å². The summed E-state index contributed by atoms with van der Waals surface area (Å²) in [6, 6.07) is 1.97. The number of halogens is 1. The highest BCUT2D eigenvalue weighted by Gasteiger charge is 2.10. The van der Waals surface area contributed by atoms with E-state index in [9.17, 15) is 5.11 Å². The Morgan fingerprint density at radius 3 is 2.64 bits per heavy atom. The summed E-state index contributed by atoms with van der Waals surface area (Å²) >= 11 is 5.81. The Hall–Kier alpha value is -0.950. The highest BCUT2D eigenvalue weighted by Crippen LogP contribution is 2.29. The summed E-state index contributed by atoms with van der Waals surface area (Å²) in [5, 5.41) is 9.86. The van der Waals surface area contributed by atoms with E-state index < -0.39 is 0 Å². The third kappa shape index (κ3) is 1.93. The zero-order chi connectivity index (χ0) is 10.7. The fourth-order valence-electron chi connectivity index (χ4n) is 1.61. The molecule has 0 aliphatic heterocycles. The average molecular weight is 211 g/mol. The van der Waals surface area contributed by atoms with Crippen LogP contribution in [0, 0.1) is 13.8 Å². The first-order valence-electron chi connectivity index (χ1n) is 4.59. The summed E-state index contributed by atoms with van der Waals surface area (Å²) in [4.78, 5) is 0. The fraction of sp³-hybridized carbons (Fsp3) is 0.333. The van der Waals surface area contributed by atoms with Crippen LogP contribution in [0.5, 0.6) is 5.75 Å². The van der Waals surface area contributed by atoms with Gasteiger partial charge in [0.15, 0.2) is 0 Å². The van der Waals surface area contributed by atoms with Crippen LogP contribution in [0.2, 0.25) is 0 Å². The van der Waals surface area contributed by atoms with Crippen molar-refractivity contribution in [1.82, 2.24) is 0 Å². The molecule has 1 nitrogen and oxygen atoms in total. The lowest BCUT2D eigenvalue weighted by atomic mass is 9.97. The van der Waals surface area contributed by atoms with Crippen LogP contribution in [0.4, 0.5) is 0 Å². The Morgan fingerprint density at radius 1 is 1.50 bits per heavy atom. The molecule has 0 amide bonds. The SMILES string of the molecule is C=CCc1cc(C)c(CCl)c(C)c1O. The number of benzene rings is 1. The molecule has 0 fully saturated rings. The van der Waals surface area contributed by atoms with Gasteiger partial charge in [-0.25, -0.2) is 0 Å². The van der Waals surface area contributed by atoms with Crippen LogP contribution < -0.4 is 0 Å². The largest absolute Gasteiger partial charge is 0.507 e. The molecule has 0 unspecified atom stereocenters. The van der Waals surface area contributed by atoms with Gasteiger partial charge >= 0.3 is 0 Å². The van der Waals surface area contributed by atoms with E-state index in [1.54, 1.807) is 6.08 Å². The number of allylic oxidation sites excluding steroid dienone is 1. The van der Waals surface area contributed by atoms with E-state index in [0.717, 1.165) is 22.3 Å². The van der Waals surface area contributed by atoms with Gasteiger partial charge in [0.1, 0.15) is 5.75 Å². The van der Waals surface area contributed by atoms with E-state index in [2.05, 4.69) is 6.58 Å². The first-order valence-corrected chi connectivity index (χ1v) is 5.13. The molecule has 0 spiro atoms. The second-order valence-electron chi connectivity index (χ2n) is 3.43. The van der Waals surface area contributed by atoms with Crippen LogP contribution in [0.15, 0.2) is 18.7 Å². The minimum Gasteiger partial charge on any atom is -0.507 e. The van der Waals surface area contributed by atoms with Gasteiger partial charge in [-0.3, -0.25) is 0 Å². The van der Waals surface area contributed by atoms with Crippen molar-refractivity contribution in [1.29, 1.82) is 0 Å². The van der Waals surface area contributed by atoms with Crippen molar-refractivity contribution in [3.8, 4) is 5.75 Å². The second-order valence-corrected chi connectivity index (χ2v) is 3.70. The number of rotatable bonds is 3. The predicted molar refractivity (Wildman–Crippen MR) is 61.0 cm³/mol. The van der Waals surface area contributed by atoms with Crippen LogP contribution in [0.3, 0.4) is 0 Å². The third-order valence-corrected chi connectivity index (χ3v) is 2.74. The van der Waals surface area contributed by atoms with Crippen LogP contribution in [0.1, 0.15) is 22.3 Å². The van der Waals surface area contributed by atoms with Gasteiger partial charge in [0.05, 0.1) is 0 Å². The molecule has 1 N–H and O–H groups in total. The van der Waals surface area contributed by atoms with Crippen molar-refractivity contribution in [2.75, 3.05) is 0 Å². The summed E-state index contributed by atoms with van der Waals surface area (Å²) in [6.45, 7) is 7.57. The maximum Gasteiger partial charge on any atom is 0.122 e. The normalized spacial score (nSPS) is 10.2. The second kappa shape index (κ2) is 4.52. The van der Waals surface area contributed by atoms with Crippen LogP contribution >= 0.6 is 11.6 Å². The van der Waals surface area contributed by atoms with Gasteiger partial charge in [-0.15, -0.1) is 18.2 Å². The van der Waals surface area contributed by atoms with Gasteiger partial charge in [0.2, 0.25) is 0 Å². The lowest BCUT2D eigenvalue weighted by Gasteiger charge is -2.12. The molecule has 0 saturated carbocycles. The Labute approximate surface area is 90.0 Å². The molecular formula is C12H15ClO. The van der Waals surface area contributed by atoms with Crippen molar-refractivity contribution in [2.45, 2.75) is 26.1 Å². The predicted octanol–water partition coefficient (Wildman–Crippen LogP) is 3.48. The molecule has 0 aliphatic rings. The fourth-order valence-corrected chi connectivity index (χ4v) is 2.02. The number of aryl methyl sites for hydroxylation is 1. The molecule has 0 saturated heterocycles. The van der Waals surface area contributed by atoms with Gasteiger partial charge < -0.3 is 5.11 Å². The maximum atomic E-state index is 9.86. The van der Waals surface area contributed by atoms with Crippen molar-refractivity contribution >= 4 is 11.6 Å². The Kier molecular flexibility index (Phi) is 3.59. The van der Waals surface area contributed by atoms with Gasteiger partial charge in [0, 0.05) is 5.88 Å². The van der Waals surface area contributed by atoms with Gasteiger partial charge in [-0.2, -0.15) is 0 Å². The third-order valence-electron chi connectivity index (χ3n) is 2.48. The van der Waals surface area contributed by atoms with Gasteiger partial charge in [-0.05, 0) is 42.5 Å². The van der Waals surface area contributed by atoms with Crippen LogP contribution in [-0.4, -0.2) is 5.11 Å². The van der Waals surface area contributed by atoms with Gasteiger partial charge in [0.25, 0.3) is 0 Å². The molecule has 0 aliphatic carbocycles. The molecule has 0 radical (unpaired) electrons. The van der Waals surface area contributed by atoms with Crippen molar-refractivity contribution in [3.05, 3.63) is 41.0 Å². The first-order chi connectivity index (χ1) is 6.61. The smallest absolute Gasteiger partial charge is 0.122 e. The molecule has 0 aromatic heterocycles. The lowest BCUT2D eigenvalue weighted by molar-refractivity contribution is 0.464. The van der Waals surface area contributed by atoms with Crippen molar-refractivity contribution in [2.24, 2.45) is 0 Å². The Bertz CT molecular complexity index is 356. The zero-order valence-electron chi connectivity index (χ0n) is 8.60. The molecule has 0 heterocycles. The van der Waals surface area contributed by atoms with E-state index >= 15 is 0 Å². The number of hydrogen-bond acceptors (Lipinski definition) is 1. The number of phenols is 1. The molecule has 14 heavy (non-hydrogen) atoms. The summed E-state index contributed by atoms with van der Waals surface area (Å²) in [7, 11) is 0. The van der Waals surface area contributed by atoms with E-state index in [1.165, 1.54) is 0 Å². The quantitative estimate of drug-likeness (QED) is 0.598. The molecule has 76 valence electrons. The molecule has 2 heteroatoms. The number of alkyl halides is 1. The van der Waals surface area contributed by atoms with Crippen molar-refractivity contribution in [3.63, 3.8) is 0 Å². The minimum atomic E-state index is 0.353. The lowest BCUT2D eigenvalue weighted by Crippen LogP contribution is -1.95. The molecule has 0 bridgehead atoms. The number of aromatic hydroxyl groups is 1. The average Bonchev–Trinajstić information content (AvgIpc) is 2.15. The summed E-state index contributed by atoms with van der Waals surface area (Å²) < 4.78 is 0. The molecule has 1 aromatic carbocycles. The van der Waals surface area contributed by atoms with Gasteiger partial charge in [-0.1, -0.05) is 12.1 Å². The highest BCUT2D eigenvalue weighted by molar-refractivity contribution is 6.17. The molecular weight excluding hydrogens is 196 g/mol. The molecule has 1 rings (SSSR count). The topological polar surface area (TPSA) is 20.2 Å².